The zero-order chi connectivity index (χ0) is 18.8. The molecule has 0 aliphatic carbocycles. The lowest BCUT2D eigenvalue weighted by atomic mass is 9.95. The molecular weight excluding hydrogens is 374 g/mol. The van der Waals surface area contributed by atoms with Gasteiger partial charge in [-0.2, -0.15) is 0 Å². The van der Waals surface area contributed by atoms with Crippen LogP contribution < -0.4 is 4.89 Å². The van der Waals surface area contributed by atoms with Gasteiger partial charge >= 0.3 is 0 Å². The first-order valence-corrected chi connectivity index (χ1v) is 10.8. The Hall–Kier alpha value is -1.57. The van der Waals surface area contributed by atoms with Crippen LogP contribution in [-0.2, 0) is 20.4 Å². The maximum atomic E-state index is 6.16. The van der Waals surface area contributed by atoms with Crippen LogP contribution in [0.1, 0.15) is 24.8 Å². The zero-order valence-electron chi connectivity index (χ0n) is 15.7. The van der Waals surface area contributed by atoms with Gasteiger partial charge in [-0.15, -0.1) is 4.33 Å². The van der Waals surface area contributed by atoms with Gasteiger partial charge in [0.15, 0.2) is 11.5 Å². The van der Waals surface area contributed by atoms with Crippen molar-refractivity contribution >= 4 is 12.0 Å². The predicted octanol–water partition coefficient (Wildman–Crippen LogP) is 4.19. The summed E-state index contributed by atoms with van der Waals surface area (Å²) in [6.07, 6.45) is 2.96. The molecule has 3 saturated heterocycles. The third kappa shape index (κ3) is 3.55. The smallest absolute Gasteiger partial charge is 0.184 e. The molecule has 2 aromatic carbocycles. The number of hydrogen-bond donors (Lipinski definition) is 0. The lowest BCUT2D eigenvalue weighted by molar-refractivity contribution is -0.220. The average Bonchev–Trinajstić information content (AvgIpc) is 3.29. The highest BCUT2D eigenvalue weighted by Crippen LogP contribution is 2.49. The van der Waals surface area contributed by atoms with Crippen LogP contribution in [-0.4, -0.2) is 41.2 Å². The van der Waals surface area contributed by atoms with E-state index in [1.807, 2.05) is 30.3 Å². The van der Waals surface area contributed by atoms with Crippen LogP contribution in [0.4, 0.5) is 0 Å². The maximum absolute atomic E-state index is 6.16. The molecule has 0 radical (unpaired) electrons. The molecule has 3 fully saturated rings. The highest BCUT2D eigenvalue weighted by atomic mass is 32.2. The summed E-state index contributed by atoms with van der Waals surface area (Å²) in [7, 11) is 0. The van der Waals surface area contributed by atoms with Crippen LogP contribution in [0.25, 0.3) is 0 Å². The third-order valence-electron chi connectivity index (χ3n) is 6.03. The van der Waals surface area contributed by atoms with Crippen LogP contribution in [0, 0.1) is 0 Å². The quantitative estimate of drug-likeness (QED) is 0.412. The van der Waals surface area contributed by atoms with Crippen molar-refractivity contribution in [3.8, 4) is 5.75 Å². The Morgan fingerprint density at radius 1 is 1.00 bits per heavy atom. The summed E-state index contributed by atoms with van der Waals surface area (Å²) < 4.78 is 17.9. The minimum absolute atomic E-state index is 0.242. The third-order valence-corrected chi connectivity index (χ3v) is 6.93. The van der Waals surface area contributed by atoms with Gasteiger partial charge in [0.05, 0.1) is 24.5 Å². The monoisotopic (exact) mass is 399 g/mol. The number of hydrogen-bond acceptors (Lipinski definition) is 6. The van der Waals surface area contributed by atoms with Crippen molar-refractivity contribution < 1.29 is 18.7 Å². The Balaban J connectivity index is 1.30. The standard InChI is InChI=1S/C22H25NO4S/c1-3-7-17(8-4-1)16-23-19-11-12-22(24-13-14-25-22)21(23)15-20(19)28-27-26-18-9-5-2-6-10-18/h1-10,19-21H,11-16H2. The van der Waals surface area contributed by atoms with Crippen LogP contribution in [0.2, 0.25) is 0 Å². The first-order valence-electron chi connectivity index (χ1n) is 9.97. The summed E-state index contributed by atoms with van der Waals surface area (Å²) in [5.41, 5.74) is 1.32. The van der Waals surface area contributed by atoms with Gasteiger partial charge in [-0.3, -0.25) is 4.90 Å². The number of para-hydroxylation sites is 1. The normalized spacial score (nSPS) is 28.6. The molecule has 2 bridgehead atoms. The fourth-order valence-corrected chi connectivity index (χ4v) is 5.67. The van der Waals surface area contributed by atoms with Crippen molar-refractivity contribution in [2.45, 2.75) is 48.9 Å². The van der Waals surface area contributed by atoms with E-state index in [4.69, 9.17) is 18.7 Å². The molecule has 148 valence electrons. The van der Waals surface area contributed by atoms with Crippen LogP contribution in [0.3, 0.4) is 0 Å². The minimum Gasteiger partial charge on any atom is -0.346 e. The lowest BCUT2D eigenvalue weighted by Gasteiger charge is -2.45. The van der Waals surface area contributed by atoms with Gasteiger partial charge < -0.3 is 14.4 Å². The van der Waals surface area contributed by atoms with E-state index < -0.39 is 5.79 Å². The summed E-state index contributed by atoms with van der Waals surface area (Å²) >= 11 is 1.44. The van der Waals surface area contributed by atoms with Crippen LogP contribution >= 0.6 is 12.0 Å². The van der Waals surface area contributed by atoms with Crippen molar-refractivity contribution in [1.29, 1.82) is 0 Å². The molecule has 0 N–H and O–H groups in total. The van der Waals surface area contributed by atoms with E-state index in [1.54, 1.807) is 0 Å². The van der Waals surface area contributed by atoms with Gasteiger partial charge in [0.1, 0.15) is 0 Å². The van der Waals surface area contributed by atoms with Crippen LogP contribution in [0.15, 0.2) is 60.7 Å². The summed E-state index contributed by atoms with van der Waals surface area (Å²) in [6.45, 7) is 2.28. The second kappa shape index (κ2) is 8.05. The Labute approximate surface area is 170 Å². The molecule has 3 heterocycles. The van der Waals surface area contributed by atoms with Crippen molar-refractivity contribution in [1.82, 2.24) is 4.90 Å². The number of benzene rings is 2. The molecule has 28 heavy (non-hydrogen) atoms. The van der Waals surface area contributed by atoms with E-state index in [0.717, 1.165) is 31.6 Å². The summed E-state index contributed by atoms with van der Waals surface area (Å²) in [5, 5.41) is 0.324. The topological polar surface area (TPSA) is 40.2 Å². The molecule has 5 nitrogen and oxygen atoms in total. The van der Waals surface area contributed by atoms with Crippen molar-refractivity contribution in [3.05, 3.63) is 66.2 Å². The van der Waals surface area contributed by atoms with Gasteiger partial charge in [-0.1, -0.05) is 48.5 Å². The first-order chi connectivity index (χ1) is 13.8. The molecule has 3 aliphatic heterocycles. The highest BCUT2D eigenvalue weighted by molar-refractivity contribution is 7.95. The molecule has 3 unspecified atom stereocenters. The van der Waals surface area contributed by atoms with Crippen molar-refractivity contribution in [2.24, 2.45) is 0 Å². The average molecular weight is 400 g/mol. The van der Waals surface area contributed by atoms with Crippen LogP contribution in [0.5, 0.6) is 5.75 Å². The Morgan fingerprint density at radius 2 is 1.71 bits per heavy atom. The van der Waals surface area contributed by atoms with E-state index in [2.05, 4.69) is 35.2 Å². The van der Waals surface area contributed by atoms with Crippen molar-refractivity contribution in [3.63, 3.8) is 0 Å². The summed E-state index contributed by atoms with van der Waals surface area (Å²) in [5.74, 6) is 0.261. The number of rotatable bonds is 6. The molecule has 2 aromatic rings. The first kappa shape index (κ1) is 18.5. The number of ether oxygens (including phenoxy) is 2. The highest BCUT2D eigenvalue weighted by Gasteiger charge is 2.58. The van der Waals surface area contributed by atoms with Crippen molar-refractivity contribution in [2.75, 3.05) is 13.2 Å². The Morgan fingerprint density at radius 3 is 2.46 bits per heavy atom. The van der Waals surface area contributed by atoms with Gasteiger partial charge in [0, 0.05) is 31.1 Å². The largest absolute Gasteiger partial charge is 0.346 e. The second-order valence-corrected chi connectivity index (χ2v) is 8.56. The SMILES string of the molecule is c1ccc(CN2C3CCC4(OCCO4)C2CC3SOOc2ccccc2)cc1. The Bertz CT molecular complexity index is 769. The van der Waals surface area contributed by atoms with E-state index in [1.165, 1.54) is 17.6 Å². The van der Waals surface area contributed by atoms with E-state index in [-0.39, 0.29) is 6.04 Å². The number of nitrogens with zero attached hydrogens (tertiary/aromatic N) is 1. The Kier molecular flexibility index (Phi) is 5.30. The molecule has 0 amide bonds. The summed E-state index contributed by atoms with van der Waals surface area (Å²) in [6, 6.07) is 20.9. The fourth-order valence-electron chi connectivity index (χ4n) is 4.77. The van der Waals surface area contributed by atoms with Gasteiger partial charge in [-0.25, -0.2) is 0 Å². The second-order valence-electron chi connectivity index (χ2n) is 7.62. The fraction of sp³-hybridized carbons (Fsp3) is 0.455. The van der Waals surface area contributed by atoms with E-state index in [0.29, 0.717) is 24.5 Å². The lowest BCUT2D eigenvalue weighted by Crippen LogP contribution is -2.56. The summed E-state index contributed by atoms with van der Waals surface area (Å²) in [4.78, 5) is 8.03. The van der Waals surface area contributed by atoms with E-state index >= 15 is 0 Å². The molecule has 5 rings (SSSR count). The molecule has 3 atom stereocenters. The minimum atomic E-state index is -0.457. The van der Waals surface area contributed by atoms with Gasteiger partial charge in [-0.05, 0) is 30.5 Å². The maximum Gasteiger partial charge on any atom is 0.184 e. The molecule has 6 heteroatoms. The molecular formula is C22H25NO4S. The van der Waals surface area contributed by atoms with E-state index in [9.17, 15) is 0 Å². The molecule has 3 aliphatic rings. The zero-order valence-corrected chi connectivity index (χ0v) is 16.6. The van der Waals surface area contributed by atoms with Gasteiger partial charge in [0.25, 0.3) is 0 Å². The van der Waals surface area contributed by atoms with Gasteiger partial charge in [0.2, 0.25) is 0 Å². The predicted molar refractivity (Wildman–Crippen MR) is 108 cm³/mol. The molecule has 0 aromatic heterocycles. The molecule has 0 saturated carbocycles. The molecule has 1 spiro atoms. The number of piperidine rings is 1. The number of fused-ring (bicyclic) bond motifs is 3.